The van der Waals surface area contributed by atoms with Crippen molar-refractivity contribution in [3.05, 3.63) is 0 Å². The Morgan fingerprint density at radius 2 is 0.833 bits per heavy atom. The Balaban J connectivity index is -0.000000000833. The van der Waals surface area contributed by atoms with E-state index in [1.807, 2.05) is 0 Å². The van der Waals surface area contributed by atoms with Crippen molar-refractivity contribution in [1.29, 1.82) is 0 Å². The Morgan fingerprint density at radius 1 is 0.833 bits per heavy atom. The first kappa shape index (κ1) is 51.4. The molecule has 0 spiro atoms. The zero-order chi connectivity index (χ0) is 2.00. The molecule has 0 aliphatic carbocycles. The summed E-state index contributed by atoms with van der Waals surface area (Å²) in [6.45, 7) is 0. The van der Waals surface area contributed by atoms with Gasteiger partial charge in [-0.3, -0.25) is 0 Å². The molecular formula is CH4BBr3O. The molecule has 0 bridgehead atoms. The molecule has 38 valence electrons. The van der Waals surface area contributed by atoms with Crippen molar-refractivity contribution in [2.24, 2.45) is 0 Å². The first-order valence-electron chi connectivity index (χ1n) is 0.447. The van der Waals surface area contributed by atoms with Gasteiger partial charge in [0.2, 0.25) is 0 Å². The van der Waals surface area contributed by atoms with E-state index in [9.17, 15) is 0 Å². The van der Waals surface area contributed by atoms with Crippen LogP contribution in [-0.2, 0) is 0 Å². The summed E-state index contributed by atoms with van der Waals surface area (Å²) >= 11 is 0. The Morgan fingerprint density at radius 3 is 0.833 bits per heavy atom. The second kappa shape index (κ2) is 90.0. The minimum Gasteiger partial charge on any atom is -1.00 e. The van der Waals surface area contributed by atoms with Crippen LogP contribution in [0.4, 0.5) is 0 Å². The third-order valence-corrected chi connectivity index (χ3v) is 0. The fourth-order valence-corrected chi connectivity index (χ4v) is 0. The Bertz CT molecular complexity index is 10.8. The average molecular weight is 283 g/mol. The number of aliphatic hydroxyl groups excluding tert-OH is 1. The SMILES string of the molecule is CO.[B+3].[Br-].[Br-].[Br-]. The molecular weight excluding hydrogens is 279 g/mol. The van der Waals surface area contributed by atoms with Crippen LogP contribution in [0, 0.1) is 0 Å². The summed E-state index contributed by atoms with van der Waals surface area (Å²) < 4.78 is 0. The van der Waals surface area contributed by atoms with Crippen LogP contribution in [0.2, 0.25) is 0 Å². The summed E-state index contributed by atoms with van der Waals surface area (Å²) in [6, 6.07) is 0. The predicted octanol–water partition coefficient (Wildman–Crippen LogP) is -9.76. The standard InChI is InChI=1S/CH4O.B.3BrH/c1-2;;;;/h2H,1H3;;3*1H/q;+3;;;/p-3. The van der Waals surface area contributed by atoms with E-state index in [1.54, 1.807) is 0 Å². The Hall–Kier alpha value is 1.46. The van der Waals surface area contributed by atoms with Crippen LogP contribution in [0.3, 0.4) is 0 Å². The van der Waals surface area contributed by atoms with Crippen molar-refractivity contribution in [3.63, 3.8) is 0 Å². The molecule has 1 N–H and O–H groups in total. The zero-order valence-corrected chi connectivity index (χ0v) is 7.92. The van der Waals surface area contributed by atoms with Gasteiger partial charge in [0.05, 0.1) is 0 Å². The third kappa shape index (κ3) is 50.8. The normalized spacial score (nSPS) is 1.00. The van der Waals surface area contributed by atoms with E-state index in [2.05, 4.69) is 0 Å². The van der Waals surface area contributed by atoms with Gasteiger partial charge in [0.15, 0.2) is 0 Å². The predicted molar refractivity (Wildman–Crippen MR) is 13.9 cm³/mol. The van der Waals surface area contributed by atoms with Gasteiger partial charge in [-0.1, -0.05) is 0 Å². The third-order valence-electron chi connectivity index (χ3n) is 0. The molecule has 0 fully saturated rings. The molecule has 0 unspecified atom stereocenters. The van der Waals surface area contributed by atoms with Crippen molar-refractivity contribution in [1.82, 2.24) is 0 Å². The first-order chi connectivity index (χ1) is 1.00. The zero-order valence-electron chi connectivity index (χ0n) is 3.16. The molecule has 0 amide bonds. The average Bonchev–Trinajstić information content (AvgIpc) is 1.00. The second-order valence-corrected chi connectivity index (χ2v) is 0. The number of halogens is 3. The first-order valence-corrected chi connectivity index (χ1v) is 0.447. The molecule has 0 rings (SSSR count). The van der Waals surface area contributed by atoms with Gasteiger partial charge in [-0.15, -0.1) is 0 Å². The summed E-state index contributed by atoms with van der Waals surface area (Å²) in [7, 11) is 1.00. The second-order valence-electron chi connectivity index (χ2n) is 0. The number of hydrogen-bond acceptors (Lipinski definition) is 1. The maximum atomic E-state index is 7.00. The van der Waals surface area contributed by atoms with E-state index in [-0.39, 0.29) is 59.4 Å². The Kier molecular flexibility index (Phi) is 770. The summed E-state index contributed by atoms with van der Waals surface area (Å²) in [5.74, 6) is 0. The van der Waals surface area contributed by atoms with Crippen LogP contribution >= 0.6 is 0 Å². The molecule has 0 saturated heterocycles. The maximum Gasteiger partial charge on any atom is 3.00 e. The fraction of sp³-hybridized carbons (Fsp3) is 1.00. The van der Waals surface area contributed by atoms with E-state index >= 15 is 0 Å². The minimum atomic E-state index is 0. The van der Waals surface area contributed by atoms with Gasteiger partial charge in [0.25, 0.3) is 0 Å². The van der Waals surface area contributed by atoms with Crippen LogP contribution in [0.1, 0.15) is 0 Å². The molecule has 0 aromatic heterocycles. The van der Waals surface area contributed by atoms with Gasteiger partial charge in [-0.05, 0) is 0 Å². The van der Waals surface area contributed by atoms with Crippen molar-refractivity contribution in [2.75, 3.05) is 7.11 Å². The summed E-state index contributed by atoms with van der Waals surface area (Å²) in [5, 5.41) is 7.00. The molecule has 0 radical (unpaired) electrons. The minimum absolute atomic E-state index is 0. The maximum absolute atomic E-state index is 7.00. The molecule has 0 aromatic rings. The topological polar surface area (TPSA) is 20.2 Å². The number of aliphatic hydroxyl groups is 1. The molecule has 0 atom stereocenters. The number of rotatable bonds is 0. The summed E-state index contributed by atoms with van der Waals surface area (Å²) in [4.78, 5) is 0. The van der Waals surface area contributed by atoms with Crippen LogP contribution in [0.15, 0.2) is 0 Å². The van der Waals surface area contributed by atoms with Gasteiger partial charge < -0.3 is 56.1 Å². The van der Waals surface area contributed by atoms with Gasteiger partial charge in [0, 0.05) is 7.11 Å². The molecule has 1 nitrogen and oxygen atoms in total. The van der Waals surface area contributed by atoms with E-state index in [1.165, 1.54) is 0 Å². The van der Waals surface area contributed by atoms with Gasteiger partial charge >= 0.3 is 8.41 Å². The van der Waals surface area contributed by atoms with E-state index in [0.717, 1.165) is 7.11 Å². The Labute approximate surface area is 71.4 Å². The van der Waals surface area contributed by atoms with Crippen LogP contribution in [-0.4, -0.2) is 20.6 Å². The smallest absolute Gasteiger partial charge is 1.00 e. The fourth-order valence-electron chi connectivity index (χ4n) is 0. The van der Waals surface area contributed by atoms with Gasteiger partial charge in [-0.25, -0.2) is 0 Å². The molecule has 0 aliphatic rings. The van der Waals surface area contributed by atoms with E-state index < -0.39 is 0 Å². The van der Waals surface area contributed by atoms with Gasteiger partial charge in [-0.2, -0.15) is 0 Å². The van der Waals surface area contributed by atoms with Crippen molar-refractivity contribution >= 4 is 8.41 Å². The van der Waals surface area contributed by atoms with Gasteiger partial charge in [0.1, 0.15) is 0 Å². The van der Waals surface area contributed by atoms with Crippen molar-refractivity contribution < 1.29 is 56.1 Å². The van der Waals surface area contributed by atoms with Crippen LogP contribution in [0.25, 0.3) is 0 Å². The molecule has 6 heavy (non-hydrogen) atoms. The quantitative estimate of drug-likeness (QED) is 0.438. The number of hydrogen-bond donors (Lipinski definition) is 1. The molecule has 5 heteroatoms. The van der Waals surface area contributed by atoms with Crippen LogP contribution in [0.5, 0.6) is 0 Å². The summed E-state index contributed by atoms with van der Waals surface area (Å²) in [5.41, 5.74) is 0. The van der Waals surface area contributed by atoms with Crippen molar-refractivity contribution in [3.8, 4) is 0 Å². The van der Waals surface area contributed by atoms with Crippen LogP contribution < -0.4 is 50.9 Å². The monoisotopic (exact) mass is 280 g/mol. The van der Waals surface area contributed by atoms with Crippen molar-refractivity contribution in [2.45, 2.75) is 0 Å². The molecule has 0 heterocycles. The molecule has 0 aliphatic heterocycles. The largest absolute Gasteiger partial charge is 3.00 e. The summed E-state index contributed by atoms with van der Waals surface area (Å²) in [6.07, 6.45) is 0. The van der Waals surface area contributed by atoms with E-state index in [4.69, 9.17) is 5.11 Å². The molecule has 0 saturated carbocycles. The van der Waals surface area contributed by atoms with E-state index in [0.29, 0.717) is 0 Å². The molecule has 0 aromatic carbocycles.